The van der Waals surface area contributed by atoms with Gasteiger partial charge in [-0.3, -0.25) is 4.79 Å². The second-order valence-corrected chi connectivity index (χ2v) is 5.25. The number of rotatable bonds is 6. The Morgan fingerprint density at radius 3 is 2.52 bits per heavy atom. The number of carbonyl (C=O) groups excluding carboxylic acids is 1. The lowest BCUT2D eigenvalue weighted by Gasteiger charge is -2.21. The highest BCUT2D eigenvalue weighted by molar-refractivity contribution is 5.78. The van der Waals surface area contributed by atoms with Crippen LogP contribution in [0.2, 0.25) is 0 Å². The van der Waals surface area contributed by atoms with Crippen LogP contribution in [-0.4, -0.2) is 28.7 Å². The van der Waals surface area contributed by atoms with Gasteiger partial charge in [-0.05, 0) is 17.2 Å². The molecule has 2 N–H and O–H groups in total. The van der Waals surface area contributed by atoms with Crippen LogP contribution in [0.1, 0.15) is 18.1 Å². The Labute approximate surface area is 144 Å². The van der Waals surface area contributed by atoms with Gasteiger partial charge in [0.1, 0.15) is 25.4 Å². The van der Waals surface area contributed by atoms with E-state index in [2.05, 4.69) is 15.1 Å². The maximum Gasteiger partial charge on any atom is 0.269 e. The number of alkyl halides is 1. The van der Waals surface area contributed by atoms with Crippen molar-refractivity contribution in [2.24, 2.45) is 0 Å². The second kappa shape index (κ2) is 8.53. The number of hydrogen-bond donors (Lipinski definition) is 2. The second-order valence-electron chi connectivity index (χ2n) is 5.25. The Kier molecular flexibility index (Phi) is 6.16. The fourth-order valence-electron chi connectivity index (χ4n) is 2.26. The molecular weight excluding hydrogens is 323 g/mol. The van der Waals surface area contributed by atoms with Gasteiger partial charge in [0.25, 0.3) is 5.82 Å². The van der Waals surface area contributed by atoms with E-state index < -0.39 is 31.1 Å². The number of benzene rings is 1. The van der Waals surface area contributed by atoms with E-state index >= 15 is 0 Å². The minimum absolute atomic E-state index is 0.301. The van der Waals surface area contributed by atoms with Crippen LogP contribution in [0.5, 0.6) is 0 Å². The zero-order valence-electron chi connectivity index (χ0n) is 13.2. The first kappa shape index (κ1) is 18.1. The van der Waals surface area contributed by atoms with Gasteiger partial charge >= 0.3 is 0 Å². The number of amides is 1. The maximum atomic E-state index is 13.1. The highest BCUT2D eigenvalue weighted by Gasteiger charge is 2.22. The summed E-state index contributed by atoms with van der Waals surface area (Å²) in [5.74, 6) is -0.332. The molecule has 0 aliphatic rings. The van der Waals surface area contributed by atoms with Crippen molar-refractivity contribution in [3.63, 3.8) is 0 Å². The Morgan fingerprint density at radius 1 is 1.32 bits per heavy atom. The Hall–Kier alpha value is -3.29. The quantitative estimate of drug-likeness (QED) is 0.792. The molecule has 0 bridgehead atoms. The molecule has 1 heterocycles. The van der Waals surface area contributed by atoms with Crippen molar-refractivity contribution in [3.8, 4) is 17.2 Å². The standard InChI is InChI=1S/C18H15FN4O2/c1-21-16-7-6-14(11-22-16)12-2-4-13(5-3-12)18(25)15(10-19)23-17(24)8-9-20/h2-7,11,15,18,25H,8,10H2,(H,23,24). The van der Waals surface area contributed by atoms with Crippen LogP contribution in [0.15, 0.2) is 42.6 Å². The number of aromatic nitrogens is 1. The molecule has 25 heavy (non-hydrogen) atoms. The number of aliphatic hydroxyl groups is 1. The Balaban J connectivity index is 2.13. The molecule has 0 aliphatic carbocycles. The molecule has 0 saturated heterocycles. The van der Waals surface area contributed by atoms with Crippen molar-refractivity contribution >= 4 is 11.7 Å². The number of hydrogen-bond acceptors (Lipinski definition) is 4. The number of pyridine rings is 1. The van der Waals surface area contributed by atoms with Crippen LogP contribution in [0.4, 0.5) is 10.2 Å². The SMILES string of the molecule is [C-]#[N+]c1ccc(-c2ccc(C(O)C(CF)NC(=O)CC#N)cc2)cn1. The highest BCUT2D eigenvalue weighted by atomic mass is 19.1. The minimum Gasteiger partial charge on any atom is -0.386 e. The third-order valence-electron chi connectivity index (χ3n) is 3.58. The number of carbonyl (C=O) groups is 1. The third-order valence-corrected chi connectivity index (χ3v) is 3.58. The summed E-state index contributed by atoms with van der Waals surface area (Å²) in [6.45, 7) is 5.93. The Morgan fingerprint density at radius 2 is 2.00 bits per heavy atom. The first-order valence-electron chi connectivity index (χ1n) is 7.43. The van der Waals surface area contributed by atoms with Crippen LogP contribution < -0.4 is 5.32 Å². The van der Waals surface area contributed by atoms with Gasteiger partial charge < -0.3 is 15.3 Å². The monoisotopic (exact) mass is 338 g/mol. The largest absolute Gasteiger partial charge is 0.386 e. The number of nitrogens with one attached hydrogen (secondary N) is 1. The molecule has 2 atom stereocenters. The van der Waals surface area contributed by atoms with E-state index in [-0.39, 0.29) is 0 Å². The average molecular weight is 338 g/mol. The molecule has 6 nitrogen and oxygen atoms in total. The molecule has 0 spiro atoms. The molecule has 2 aromatic rings. The molecular formula is C18H15FN4O2. The van der Waals surface area contributed by atoms with Crippen molar-refractivity contribution in [1.82, 2.24) is 10.3 Å². The number of nitrogens with zero attached hydrogens (tertiary/aromatic N) is 3. The molecule has 0 aliphatic heterocycles. The minimum atomic E-state index is -1.23. The van der Waals surface area contributed by atoms with E-state index in [1.807, 2.05) is 0 Å². The van der Waals surface area contributed by atoms with Gasteiger partial charge in [-0.15, -0.1) is 4.98 Å². The molecule has 0 saturated carbocycles. The summed E-state index contributed by atoms with van der Waals surface area (Å²) in [5, 5.41) is 21.0. The lowest BCUT2D eigenvalue weighted by Crippen LogP contribution is -2.40. The molecule has 0 fully saturated rings. The maximum absolute atomic E-state index is 13.1. The van der Waals surface area contributed by atoms with E-state index in [0.29, 0.717) is 11.4 Å². The lowest BCUT2D eigenvalue weighted by atomic mass is 9.99. The molecule has 0 radical (unpaired) electrons. The zero-order chi connectivity index (χ0) is 18.2. The van der Waals surface area contributed by atoms with Gasteiger partial charge in [-0.1, -0.05) is 36.9 Å². The van der Waals surface area contributed by atoms with Crippen molar-refractivity contribution in [3.05, 3.63) is 59.6 Å². The van der Waals surface area contributed by atoms with E-state index in [0.717, 1.165) is 11.1 Å². The van der Waals surface area contributed by atoms with Gasteiger partial charge in [0.05, 0.1) is 12.1 Å². The summed E-state index contributed by atoms with van der Waals surface area (Å²) >= 11 is 0. The summed E-state index contributed by atoms with van der Waals surface area (Å²) in [7, 11) is 0. The summed E-state index contributed by atoms with van der Waals surface area (Å²) < 4.78 is 13.1. The molecule has 1 aromatic heterocycles. The Bertz CT molecular complexity index is 807. The number of aliphatic hydroxyl groups excluding tert-OH is 1. The summed E-state index contributed by atoms with van der Waals surface area (Å²) in [6.07, 6.45) is -0.0505. The predicted molar refractivity (Wildman–Crippen MR) is 89.0 cm³/mol. The van der Waals surface area contributed by atoms with Crippen molar-refractivity contribution < 1.29 is 14.3 Å². The smallest absolute Gasteiger partial charge is 0.269 e. The molecule has 1 aromatic carbocycles. The van der Waals surface area contributed by atoms with Gasteiger partial charge in [0.2, 0.25) is 5.91 Å². The van der Waals surface area contributed by atoms with E-state index in [4.69, 9.17) is 11.8 Å². The van der Waals surface area contributed by atoms with Crippen LogP contribution >= 0.6 is 0 Å². The van der Waals surface area contributed by atoms with Crippen LogP contribution in [0, 0.1) is 17.9 Å². The van der Waals surface area contributed by atoms with Gasteiger partial charge in [-0.25, -0.2) is 4.39 Å². The van der Waals surface area contributed by atoms with Crippen LogP contribution in [-0.2, 0) is 4.79 Å². The first-order valence-corrected chi connectivity index (χ1v) is 7.43. The summed E-state index contributed by atoms with van der Waals surface area (Å²) in [6, 6.07) is 10.6. The topological polar surface area (TPSA) is 90.4 Å². The molecule has 1 amide bonds. The van der Waals surface area contributed by atoms with Crippen molar-refractivity contribution in [1.29, 1.82) is 5.26 Å². The lowest BCUT2D eigenvalue weighted by molar-refractivity contribution is -0.121. The van der Waals surface area contributed by atoms with E-state index in [1.165, 1.54) is 0 Å². The summed E-state index contributed by atoms with van der Waals surface area (Å²) in [5.41, 5.74) is 2.07. The van der Waals surface area contributed by atoms with Gasteiger partial charge in [0.15, 0.2) is 0 Å². The number of nitriles is 1. The van der Waals surface area contributed by atoms with Crippen molar-refractivity contribution in [2.45, 2.75) is 18.6 Å². The highest BCUT2D eigenvalue weighted by Crippen LogP contribution is 2.24. The fourth-order valence-corrected chi connectivity index (χ4v) is 2.26. The number of halogens is 1. The normalized spacial score (nSPS) is 12.5. The van der Waals surface area contributed by atoms with Crippen LogP contribution in [0.25, 0.3) is 16.0 Å². The van der Waals surface area contributed by atoms with Gasteiger partial charge in [-0.2, -0.15) is 5.26 Å². The average Bonchev–Trinajstić information content (AvgIpc) is 2.66. The predicted octanol–water partition coefficient (Wildman–Crippen LogP) is 2.70. The van der Waals surface area contributed by atoms with Crippen LogP contribution in [0.3, 0.4) is 0 Å². The van der Waals surface area contributed by atoms with Gasteiger partial charge in [0, 0.05) is 5.56 Å². The molecule has 7 heteroatoms. The molecule has 2 rings (SSSR count). The van der Waals surface area contributed by atoms with Crippen molar-refractivity contribution in [2.75, 3.05) is 6.67 Å². The van der Waals surface area contributed by atoms with E-state index in [1.54, 1.807) is 48.7 Å². The zero-order valence-corrected chi connectivity index (χ0v) is 13.2. The molecule has 2 unspecified atom stereocenters. The van der Waals surface area contributed by atoms with E-state index in [9.17, 15) is 14.3 Å². The fraction of sp³-hybridized carbons (Fsp3) is 0.222. The first-order chi connectivity index (χ1) is 12.1. The third kappa shape index (κ3) is 4.60. The molecule has 126 valence electrons. The summed E-state index contributed by atoms with van der Waals surface area (Å²) in [4.78, 5) is 18.6.